The van der Waals surface area contributed by atoms with Gasteiger partial charge in [0, 0.05) is 0 Å². The van der Waals surface area contributed by atoms with Gasteiger partial charge in [0.2, 0.25) is 0 Å². The Morgan fingerprint density at radius 3 is 2.60 bits per heavy atom. The van der Waals surface area contributed by atoms with Crippen molar-refractivity contribution in [3.05, 3.63) is 29.6 Å². The van der Waals surface area contributed by atoms with Crippen molar-refractivity contribution in [2.24, 2.45) is 5.92 Å². The summed E-state index contributed by atoms with van der Waals surface area (Å²) in [6, 6.07) is 0. The third kappa shape index (κ3) is 2.82. The van der Waals surface area contributed by atoms with Crippen molar-refractivity contribution < 1.29 is 15.5 Å². The van der Waals surface area contributed by atoms with Crippen LogP contribution in [0.15, 0.2) is 12.7 Å². The van der Waals surface area contributed by atoms with Crippen molar-refractivity contribution >= 4 is 10.7 Å². The maximum atomic E-state index is 7.36. The van der Waals surface area contributed by atoms with Gasteiger partial charge in [-0.25, -0.2) is 0 Å². The van der Waals surface area contributed by atoms with E-state index in [1.807, 2.05) is 6.08 Å². The van der Waals surface area contributed by atoms with Gasteiger partial charge in [-0.2, -0.15) is 0 Å². The number of rotatable bonds is 5. The maximum absolute atomic E-state index is 7.36. The number of aromatic amines is 1. The molecule has 1 heterocycles. The van der Waals surface area contributed by atoms with Gasteiger partial charge in [0.05, 0.1) is 0 Å². The monoisotopic (exact) mass is 247 g/mol. The molecule has 3 heteroatoms. The van der Waals surface area contributed by atoms with Gasteiger partial charge in [-0.05, 0) is 0 Å². The summed E-state index contributed by atoms with van der Waals surface area (Å²) in [6.07, 6.45) is 4.88. The number of hydrogen-bond acceptors (Lipinski definition) is 1. The molecule has 0 saturated carbocycles. The molecule has 0 fully saturated rings. The normalized spacial score (nSPS) is 10.7. The summed E-state index contributed by atoms with van der Waals surface area (Å²) in [6.45, 7) is 8.03. The van der Waals surface area contributed by atoms with E-state index < -0.39 is 0 Å². The summed E-state index contributed by atoms with van der Waals surface area (Å²) in [5, 5.41) is 7.36. The van der Waals surface area contributed by atoms with E-state index >= 15 is 0 Å². The van der Waals surface area contributed by atoms with Crippen LogP contribution in [-0.2, 0) is 28.3 Å². The fraction of sp³-hybridized carbons (Fsp3) is 0.417. The Hall–Kier alpha value is -0.816. The molecular formula is C12H17N2Ni. The molecule has 2 nitrogen and oxygen atoms in total. The SMILES string of the molecule is C=CCc1[nH]c(CC(C)C)[c]([Ni])c1C=N. The second kappa shape index (κ2) is 5.32. The summed E-state index contributed by atoms with van der Waals surface area (Å²) in [7, 11) is 0. The predicted octanol–water partition coefficient (Wildman–Crippen LogP) is 2.11. The van der Waals surface area contributed by atoms with E-state index in [-0.39, 0.29) is 0 Å². The average molecular weight is 248 g/mol. The molecule has 0 spiro atoms. The number of nitrogens with one attached hydrogen (secondary N) is 2. The van der Waals surface area contributed by atoms with E-state index in [1.165, 1.54) is 6.21 Å². The van der Waals surface area contributed by atoms with E-state index in [2.05, 4.69) is 25.4 Å². The Morgan fingerprint density at radius 2 is 2.13 bits per heavy atom. The van der Waals surface area contributed by atoms with Gasteiger partial charge in [0.25, 0.3) is 0 Å². The number of aromatic nitrogens is 1. The molecule has 2 N–H and O–H groups in total. The van der Waals surface area contributed by atoms with Crippen molar-refractivity contribution in [1.29, 1.82) is 5.41 Å². The minimum absolute atomic E-state index is 0.577. The van der Waals surface area contributed by atoms with Crippen molar-refractivity contribution in [1.82, 2.24) is 4.98 Å². The van der Waals surface area contributed by atoms with Gasteiger partial charge in [0.1, 0.15) is 0 Å². The average Bonchev–Trinajstić information content (AvgIpc) is 2.43. The molecule has 0 radical (unpaired) electrons. The summed E-state index contributed by atoms with van der Waals surface area (Å²) in [5.74, 6) is 0.577. The van der Waals surface area contributed by atoms with Crippen molar-refractivity contribution in [3.8, 4) is 0 Å². The Morgan fingerprint density at radius 1 is 1.47 bits per heavy atom. The minimum atomic E-state index is 0.577. The van der Waals surface area contributed by atoms with Crippen LogP contribution < -0.4 is 4.53 Å². The first-order valence-corrected chi connectivity index (χ1v) is 5.57. The fourth-order valence-electron chi connectivity index (χ4n) is 1.58. The molecule has 0 aliphatic heterocycles. The summed E-state index contributed by atoms with van der Waals surface area (Å²) in [5.41, 5.74) is 2.99. The summed E-state index contributed by atoms with van der Waals surface area (Å²) in [4.78, 5) is 3.32. The van der Waals surface area contributed by atoms with Crippen LogP contribution in [-0.4, -0.2) is 11.2 Å². The summed E-state index contributed by atoms with van der Waals surface area (Å²) >= 11 is 5.00. The van der Waals surface area contributed by atoms with Crippen LogP contribution >= 0.6 is 0 Å². The third-order valence-corrected chi connectivity index (χ3v) is 2.76. The molecule has 1 aromatic rings. The first-order valence-electron chi connectivity index (χ1n) is 5.07. The Labute approximate surface area is 99.0 Å². The Kier molecular flexibility index (Phi) is 4.34. The van der Waals surface area contributed by atoms with Crippen molar-refractivity contribution in [2.75, 3.05) is 0 Å². The molecule has 0 aliphatic rings. The Bertz CT molecular complexity index is 364. The first kappa shape index (κ1) is 12.3. The Balaban J connectivity index is 3.08. The van der Waals surface area contributed by atoms with Gasteiger partial charge < -0.3 is 0 Å². The molecular weight excluding hydrogens is 231 g/mol. The van der Waals surface area contributed by atoms with Gasteiger partial charge >= 0.3 is 98.8 Å². The molecule has 0 bridgehead atoms. The predicted molar refractivity (Wildman–Crippen MR) is 60.8 cm³/mol. The quantitative estimate of drug-likeness (QED) is 0.455. The first-order chi connectivity index (χ1) is 7.10. The van der Waals surface area contributed by atoms with E-state index in [1.54, 1.807) is 0 Å². The van der Waals surface area contributed by atoms with Crippen LogP contribution in [0.1, 0.15) is 30.8 Å². The van der Waals surface area contributed by atoms with Gasteiger partial charge in [-0.1, -0.05) is 0 Å². The topological polar surface area (TPSA) is 39.6 Å². The van der Waals surface area contributed by atoms with E-state index in [0.717, 1.165) is 34.3 Å². The van der Waals surface area contributed by atoms with E-state index in [0.29, 0.717) is 5.92 Å². The molecule has 15 heavy (non-hydrogen) atoms. The standard InChI is InChI=1S/C12H17N2.Ni/c1-4-5-12-10(8-13)7-11(14-12)6-9(2)3;/h4,8-9,13-14H,1,5-6H2,2-3H3;. The number of H-pyrrole nitrogens is 1. The van der Waals surface area contributed by atoms with Crippen LogP contribution in [0.4, 0.5) is 0 Å². The van der Waals surface area contributed by atoms with Gasteiger partial charge in [-0.3, -0.25) is 0 Å². The van der Waals surface area contributed by atoms with Gasteiger partial charge in [0.15, 0.2) is 0 Å². The second-order valence-electron chi connectivity index (χ2n) is 4.01. The van der Waals surface area contributed by atoms with Gasteiger partial charge in [-0.15, -0.1) is 0 Å². The van der Waals surface area contributed by atoms with Crippen LogP contribution in [0, 0.1) is 11.3 Å². The molecule has 0 aliphatic carbocycles. The van der Waals surface area contributed by atoms with Crippen LogP contribution in [0.5, 0.6) is 0 Å². The molecule has 0 atom stereocenters. The molecule has 0 unspecified atom stereocenters. The molecule has 0 aromatic carbocycles. The van der Waals surface area contributed by atoms with Crippen molar-refractivity contribution in [2.45, 2.75) is 26.7 Å². The summed E-state index contributed by atoms with van der Waals surface area (Å²) < 4.78 is 0.843. The zero-order valence-corrected chi connectivity index (χ0v) is 10.2. The number of hydrogen-bond donors (Lipinski definition) is 2. The zero-order valence-electron chi connectivity index (χ0n) is 9.17. The molecule has 1 rings (SSSR count). The zero-order chi connectivity index (χ0) is 11.4. The molecule has 1 aromatic heterocycles. The van der Waals surface area contributed by atoms with Crippen LogP contribution in [0.25, 0.3) is 0 Å². The van der Waals surface area contributed by atoms with E-state index in [9.17, 15) is 0 Å². The molecule has 0 amide bonds. The third-order valence-electron chi connectivity index (χ3n) is 2.20. The van der Waals surface area contributed by atoms with E-state index in [4.69, 9.17) is 20.9 Å². The van der Waals surface area contributed by atoms with Crippen molar-refractivity contribution in [3.63, 3.8) is 0 Å². The number of allylic oxidation sites excluding steroid dienone is 1. The van der Waals surface area contributed by atoms with Crippen LogP contribution in [0.3, 0.4) is 0 Å². The molecule has 85 valence electrons. The molecule has 0 saturated heterocycles. The second-order valence-corrected chi connectivity index (χ2v) is 4.51. The fourth-order valence-corrected chi connectivity index (χ4v) is 1.96. The van der Waals surface area contributed by atoms with Crippen LogP contribution in [0.2, 0.25) is 0 Å².